The Morgan fingerprint density at radius 3 is 2.75 bits per heavy atom. The number of thiophene rings is 1. The van der Waals surface area contributed by atoms with Crippen molar-refractivity contribution in [2.45, 2.75) is 25.4 Å². The predicted molar refractivity (Wildman–Crippen MR) is 74.0 cm³/mol. The van der Waals surface area contributed by atoms with Gasteiger partial charge in [-0.1, -0.05) is 0 Å². The SMILES string of the molecule is CN1CCC(N(C)Cc2cc(Br)cs2)CC1. The zero-order valence-electron chi connectivity index (χ0n) is 9.95. The third-order valence-corrected chi connectivity index (χ3v) is 5.02. The summed E-state index contributed by atoms with van der Waals surface area (Å²) in [6.45, 7) is 3.57. The molecule has 0 N–H and O–H groups in total. The highest BCUT2D eigenvalue weighted by atomic mass is 79.9. The second kappa shape index (κ2) is 5.63. The summed E-state index contributed by atoms with van der Waals surface area (Å²) >= 11 is 5.35. The van der Waals surface area contributed by atoms with Gasteiger partial charge in [-0.25, -0.2) is 0 Å². The first-order chi connectivity index (χ1) is 7.65. The molecule has 0 atom stereocenters. The maximum Gasteiger partial charge on any atom is 0.0328 e. The molecule has 0 aromatic carbocycles. The third kappa shape index (κ3) is 3.29. The first kappa shape index (κ1) is 12.6. The van der Waals surface area contributed by atoms with Crippen LogP contribution >= 0.6 is 27.3 Å². The summed E-state index contributed by atoms with van der Waals surface area (Å²) in [6, 6.07) is 2.99. The van der Waals surface area contributed by atoms with Crippen LogP contribution in [-0.2, 0) is 6.54 Å². The van der Waals surface area contributed by atoms with Crippen LogP contribution in [0.15, 0.2) is 15.9 Å². The van der Waals surface area contributed by atoms with Crippen molar-refractivity contribution in [2.75, 3.05) is 27.2 Å². The molecule has 1 fully saturated rings. The van der Waals surface area contributed by atoms with Gasteiger partial charge in [0.15, 0.2) is 0 Å². The molecule has 16 heavy (non-hydrogen) atoms. The highest BCUT2D eigenvalue weighted by Crippen LogP contribution is 2.23. The van der Waals surface area contributed by atoms with Crippen molar-refractivity contribution >= 4 is 27.3 Å². The highest BCUT2D eigenvalue weighted by Gasteiger charge is 2.20. The first-order valence-corrected chi connectivity index (χ1v) is 7.44. The van der Waals surface area contributed by atoms with Crippen molar-refractivity contribution in [1.82, 2.24) is 9.80 Å². The lowest BCUT2D eigenvalue weighted by Crippen LogP contribution is -2.41. The molecule has 0 spiro atoms. The van der Waals surface area contributed by atoms with E-state index in [1.165, 1.54) is 35.3 Å². The Bertz CT molecular complexity index is 332. The largest absolute Gasteiger partial charge is 0.306 e. The summed E-state index contributed by atoms with van der Waals surface area (Å²) in [7, 11) is 4.47. The van der Waals surface area contributed by atoms with E-state index in [1.807, 2.05) is 11.3 Å². The summed E-state index contributed by atoms with van der Waals surface area (Å²) in [6.07, 6.45) is 2.61. The van der Waals surface area contributed by atoms with E-state index in [4.69, 9.17) is 0 Å². The predicted octanol–water partition coefficient (Wildman–Crippen LogP) is 3.04. The molecule has 1 saturated heterocycles. The van der Waals surface area contributed by atoms with Crippen LogP contribution in [-0.4, -0.2) is 43.0 Å². The van der Waals surface area contributed by atoms with Gasteiger partial charge in [0.2, 0.25) is 0 Å². The molecular weight excluding hydrogens is 284 g/mol. The number of hydrogen-bond donors (Lipinski definition) is 0. The first-order valence-electron chi connectivity index (χ1n) is 5.77. The van der Waals surface area contributed by atoms with E-state index >= 15 is 0 Å². The van der Waals surface area contributed by atoms with Crippen LogP contribution in [0.5, 0.6) is 0 Å². The second-order valence-corrected chi connectivity index (χ2v) is 6.59. The van der Waals surface area contributed by atoms with E-state index in [9.17, 15) is 0 Å². The standard InChI is InChI=1S/C12H19BrN2S/c1-14-5-3-11(4-6-14)15(2)8-12-7-10(13)9-16-12/h7,9,11H,3-6,8H2,1-2H3. The quantitative estimate of drug-likeness (QED) is 0.847. The van der Waals surface area contributed by atoms with Gasteiger partial charge in [0, 0.05) is 27.3 Å². The molecule has 4 heteroatoms. The summed E-state index contributed by atoms with van der Waals surface area (Å²) in [5.41, 5.74) is 0. The minimum atomic E-state index is 0.761. The van der Waals surface area contributed by atoms with Crippen LogP contribution in [0.3, 0.4) is 0 Å². The van der Waals surface area contributed by atoms with E-state index in [-0.39, 0.29) is 0 Å². The number of hydrogen-bond acceptors (Lipinski definition) is 3. The summed E-state index contributed by atoms with van der Waals surface area (Å²) in [5, 5.41) is 2.16. The lowest BCUT2D eigenvalue weighted by Gasteiger charge is -2.34. The minimum absolute atomic E-state index is 0.761. The number of likely N-dealkylation sites (tertiary alicyclic amines) is 1. The fourth-order valence-corrected chi connectivity index (χ4v) is 3.76. The van der Waals surface area contributed by atoms with Crippen LogP contribution in [0.2, 0.25) is 0 Å². The Labute approximate surface area is 110 Å². The lowest BCUT2D eigenvalue weighted by atomic mass is 10.0. The molecule has 1 aromatic rings. The molecule has 0 saturated carbocycles. The van der Waals surface area contributed by atoms with Crippen molar-refractivity contribution < 1.29 is 0 Å². The molecular formula is C12H19BrN2S. The Hall–Kier alpha value is 0.1000. The maximum absolute atomic E-state index is 3.51. The molecule has 2 heterocycles. The van der Waals surface area contributed by atoms with E-state index in [1.54, 1.807) is 0 Å². The van der Waals surface area contributed by atoms with Gasteiger partial charge in [-0.2, -0.15) is 0 Å². The Kier molecular flexibility index (Phi) is 4.41. The van der Waals surface area contributed by atoms with Gasteiger partial charge in [-0.15, -0.1) is 11.3 Å². The van der Waals surface area contributed by atoms with Gasteiger partial charge in [0.05, 0.1) is 0 Å². The van der Waals surface area contributed by atoms with Gasteiger partial charge in [0.1, 0.15) is 0 Å². The van der Waals surface area contributed by atoms with E-state index in [2.05, 4.69) is 51.3 Å². The molecule has 0 radical (unpaired) electrons. The lowest BCUT2D eigenvalue weighted by molar-refractivity contribution is 0.140. The smallest absolute Gasteiger partial charge is 0.0328 e. The van der Waals surface area contributed by atoms with Crippen LogP contribution in [0, 0.1) is 0 Å². The Balaban J connectivity index is 1.85. The monoisotopic (exact) mass is 302 g/mol. The normalized spacial score (nSPS) is 19.5. The zero-order chi connectivity index (χ0) is 11.5. The van der Waals surface area contributed by atoms with Gasteiger partial charge >= 0.3 is 0 Å². The third-order valence-electron chi connectivity index (χ3n) is 3.34. The van der Waals surface area contributed by atoms with Crippen LogP contribution in [0.1, 0.15) is 17.7 Å². The molecule has 90 valence electrons. The summed E-state index contributed by atoms with van der Waals surface area (Å²) < 4.78 is 1.21. The van der Waals surface area contributed by atoms with E-state index in [0.29, 0.717) is 0 Å². The van der Waals surface area contributed by atoms with Crippen LogP contribution < -0.4 is 0 Å². The molecule has 0 amide bonds. The number of piperidine rings is 1. The number of rotatable bonds is 3. The molecule has 1 aliphatic heterocycles. The molecule has 1 aromatic heterocycles. The summed E-state index contributed by atoms with van der Waals surface area (Å²) in [5.74, 6) is 0. The van der Waals surface area contributed by atoms with Crippen LogP contribution in [0.25, 0.3) is 0 Å². The Morgan fingerprint density at radius 2 is 2.19 bits per heavy atom. The van der Waals surface area contributed by atoms with Crippen molar-refractivity contribution in [2.24, 2.45) is 0 Å². The Morgan fingerprint density at radius 1 is 1.50 bits per heavy atom. The fourth-order valence-electron chi connectivity index (χ4n) is 2.25. The van der Waals surface area contributed by atoms with Gasteiger partial charge in [-0.05, 0) is 62.0 Å². The maximum atomic E-state index is 3.51. The van der Waals surface area contributed by atoms with Gasteiger partial charge < -0.3 is 4.90 Å². The van der Waals surface area contributed by atoms with Crippen molar-refractivity contribution in [3.63, 3.8) is 0 Å². The van der Waals surface area contributed by atoms with Crippen molar-refractivity contribution in [3.8, 4) is 0 Å². The molecule has 2 rings (SSSR count). The molecule has 1 aliphatic rings. The molecule has 2 nitrogen and oxygen atoms in total. The highest BCUT2D eigenvalue weighted by molar-refractivity contribution is 9.10. The topological polar surface area (TPSA) is 6.48 Å². The second-order valence-electron chi connectivity index (χ2n) is 4.68. The molecule has 0 unspecified atom stereocenters. The average Bonchev–Trinajstić information content (AvgIpc) is 2.65. The average molecular weight is 303 g/mol. The van der Waals surface area contributed by atoms with Crippen molar-refractivity contribution in [1.29, 1.82) is 0 Å². The summed E-state index contributed by atoms with van der Waals surface area (Å²) in [4.78, 5) is 6.38. The van der Waals surface area contributed by atoms with Gasteiger partial charge in [0.25, 0.3) is 0 Å². The molecule has 0 bridgehead atoms. The fraction of sp³-hybridized carbons (Fsp3) is 0.667. The van der Waals surface area contributed by atoms with Gasteiger partial charge in [-0.3, -0.25) is 4.90 Å². The van der Waals surface area contributed by atoms with E-state index < -0.39 is 0 Å². The minimum Gasteiger partial charge on any atom is -0.306 e. The van der Waals surface area contributed by atoms with Crippen LogP contribution in [0.4, 0.5) is 0 Å². The van der Waals surface area contributed by atoms with E-state index in [0.717, 1.165) is 12.6 Å². The number of halogens is 1. The molecule has 0 aliphatic carbocycles. The zero-order valence-corrected chi connectivity index (χ0v) is 12.4. The van der Waals surface area contributed by atoms with Crippen molar-refractivity contribution in [3.05, 3.63) is 20.8 Å². The number of nitrogens with zero attached hydrogens (tertiary/aromatic N) is 2.